The molecule has 0 radical (unpaired) electrons. The number of rotatable bonds is 8. The van der Waals surface area contributed by atoms with E-state index in [0.29, 0.717) is 34.6 Å². The van der Waals surface area contributed by atoms with E-state index in [1.165, 1.54) is 53.4 Å². The number of allylic oxidation sites excluding steroid dienone is 2. The smallest absolute Gasteiger partial charge is 0.338 e. The van der Waals surface area contributed by atoms with Crippen molar-refractivity contribution in [3.63, 3.8) is 0 Å². The molecule has 2 bridgehead atoms. The lowest BCUT2D eigenvalue weighted by atomic mass is 9.63. The zero-order chi connectivity index (χ0) is 29.1. The molecule has 2 saturated carbocycles. The Hall–Kier alpha value is -5.12. The summed E-state index contributed by atoms with van der Waals surface area (Å²) in [5.41, 5.74) is 0.703. The van der Waals surface area contributed by atoms with E-state index in [1.807, 2.05) is 0 Å². The number of non-ortho nitro benzene ring substituents is 1. The Bertz CT molecular complexity index is 1640. The average molecular weight is 565 g/mol. The third-order valence-electron chi connectivity index (χ3n) is 8.80. The maximum atomic E-state index is 13.4. The first-order valence-corrected chi connectivity index (χ1v) is 13.7. The summed E-state index contributed by atoms with van der Waals surface area (Å²) >= 11 is 0. The summed E-state index contributed by atoms with van der Waals surface area (Å²) in [6.07, 6.45) is 5.30. The normalized spacial score (nSPS) is 26.4. The van der Waals surface area contributed by atoms with Crippen LogP contribution in [-0.2, 0) is 14.3 Å². The van der Waals surface area contributed by atoms with Gasteiger partial charge in [0, 0.05) is 17.7 Å². The number of benzene rings is 3. The number of carbonyl (C=O) groups excluding carboxylic acids is 4. The van der Waals surface area contributed by atoms with Crippen LogP contribution in [0.5, 0.6) is 11.5 Å². The maximum absolute atomic E-state index is 13.4. The molecule has 1 heterocycles. The van der Waals surface area contributed by atoms with Gasteiger partial charge in [0.2, 0.25) is 11.8 Å². The first kappa shape index (κ1) is 25.8. The third-order valence-corrected chi connectivity index (χ3v) is 8.80. The van der Waals surface area contributed by atoms with E-state index in [4.69, 9.17) is 9.47 Å². The number of ether oxygens (including phenoxy) is 2. The Morgan fingerprint density at radius 1 is 0.833 bits per heavy atom. The summed E-state index contributed by atoms with van der Waals surface area (Å²) < 4.78 is 10.9. The van der Waals surface area contributed by atoms with Gasteiger partial charge in [0.05, 0.1) is 28.0 Å². The minimum absolute atomic E-state index is 0.0549. The summed E-state index contributed by atoms with van der Waals surface area (Å²) in [4.78, 5) is 63.8. The average Bonchev–Trinajstić information content (AvgIpc) is 3.79. The summed E-state index contributed by atoms with van der Waals surface area (Å²) in [6, 6.07) is 17.9. The van der Waals surface area contributed by atoms with Crippen molar-refractivity contribution in [1.29, 1.82) is 0 Å². The molecule has 4 aliphatic carbocycles. The highest BCUT2D eigenvalue weighted by Crippen LogP contribution is 2.65. The standard InChI is InChI=1S/C32H24N2O8/c35-27(17-4-8-21(9-5-17)42-22-10-6-19(7-11-22)34(39)40)16-41-32(38)18-2-1-3-20(14-18)33-30(36)28-23-12-13-24(26-15-25(23)26)29(28)31(33)37/h1-14,23-26,28-29H,15-16H2/t23-,24-,25-,26+,28+,29+/m0/s1. The van der Waals surface area contributed by atoms with E-state index in [2.05, 4.69) is 12.2 Å². The monoisotopic (exact) mass is 564 g/mol. The number of esters is 1. The number of nitro groups is 1. The third kappa shape index (κ3) is 4.27. The van der Waals surface area contributed by atoms with Crippen molar-refractivity contribution in [3.05, 3.63) is 106 Å². The Morgan fingerprint density at radius 2 is 1.43 bits per heavy atom. The lowest BCUT2D eigenvalue weighted by molar-refractivity contribution is -0.384. The summed E-state index contributed by atoms with van der Waals surface area (Å²) in [5, 5.41) is 10.8. The zero-order valence-electron chi connectivity index (χ0n) is 22.1. The van der Waals surface area contributed by atoms with Crippen LogP contribution in [0.25, 0.3) is 0 Å². The number of imide groups is 1. The molecule has 0 unspecified atom stereocenters. The quantitative estimate of drug-likeness (QED) is 0.0934. The van der Waals surface area contributed by atoms with Gasteiger partial charge in [0.15, 0.2) is 12.4 Å². The van der Waals surface area contributed by atoms with E-state index in [1.54, 1.807) is 24.3 Å². The number of anilines is 1. The molecule has 1 saturated heterocycles. The Labute approximate surface area is 239 Å². The minimum atomic E-state index is -0.747. The first-order chi connectivity index (χ1) is 20.3. The van der Waals surface area contributed by atoms with Gasteiger partial charge in [0.1, 0.15) is 11.5 Å². The largest absolute Gasteiger partial charge is 0.457 e. The second kappa shape index (κ2) is 9.76. The topological polar surface area (TPSA) is 133 Å². The number of carbonyl (C=O) groups is 4. The molecule has 5 aliphatic rings. The Morgan fingerprint density at radius 3 is 2.02 bits per heavy atom. The number of Topliss-reactive ketones (excluding diaryl/α,β-unsaturated/α-hetero) is 1. The van der Waals surface area contributed by atoms with Crippen molar-refractivity contribution < 1.29 is 33.6 Å². The molecule has 3 fully saturated rings. The molecular weight excluding hydrogens is 540 g/mol. The van der Waals surface area contributed by atoms with Gasteiger partial charge in [-0.3, -0.25) is 24.5 Å². The van der Waals surface area contributed by atoms with Crippen molar-refractivity contribution in [1.82, 2.24) is 0 Å². The fourth-order valence-electron chi connectivity index (χ4n) is 6.76. The molecule has 3 aromatic carbocycles. The molecule has 0 N–H and O–H groups in total. The molecule has 10 heteroatoms. The first-order valence-electron chi connectivity index (χ1n) is 13.7. The van der Waals surface area contributed by atoms with Gasteiger partial charge in [-0.05, 0) is 84.7 Å². The SMILES string of the molecule is O=C(COC(=O)c1cccc(N2C(=O)[C@@H]3[C@H]4C=C[C@@H]([C@@H]5C[C@H]45)[C@H]3C2=O)c1)c1ccc(Oc2ccc([N+](=O)[O-])cc2)cc1. The van der Waals surface area contributed by atoms with Gasteiger partial charge >= 0.3 is 5.97 Å². The molecule has 0 spiro atoms. The predicted octanol–water partition coefficient (Wildman–Crippen LogP) is 4.98. The molecule has 1 aliphatic heterocycles. The second-order valence-corrected chi connectivity index (χ2v) is 11.1. The van der Waals surface area contributed by atoms with Crippen molar-refractivity contribution in [2.75, 3.05) is 11.5 Å². The lowest BCUT2D eigenvalue weighted by Crippen LogP contribution is -2.40. The number of amides is 2. The van der Waals surface area contributed by atoms with Crippen LogP contribution < -0.4 is 9.64 Å². The number of nitro benzene ring substituents is 1. The van der Waals surface area contributed by atoms with Crippen molar-refractivity contribution in [3.8, 4) is 11.5 Å². The molecule has 42 heavy (non-hydrogen) atoms. The fourth-order valence-corrected chi connectivity index (χ4v) is 6.76. The molecule has 3 aromatic rings. The van der Waals surface area contributed by atoms with E-state index >= 15 is 0 Å². The highest BCUT2D eigenvalue weighted by atomic mass is 16.6. The predicted molar refractivity (Wildman–Crippen MR) is 148 cm³/mol. The lowest BCUT2D eigenvalue weighted by Gasteiger charge is -2.37. The van der Waals surface area contributed by atoms with Crippen LogP contribution >= 0.6 is 0 Å². The maximum Gasteiger partial charge on any atom is 0.338 e. The van der Waals surface area contributed by atoms with Gasteiger partial charge in [-0.15, -0.1) is 0 Å². The number of nitrogens with zero attached hydrogens (tertiary/aromatic N) is 2. The highest BCUT2D eigenvalue weighted by Gasteiger charge is 2.67. The van der Waals surface area contributed by atoms with Crippen molar-refractivity contribution >= 4 is 34.9 Å². The van der Waals surface area contributed by atoms with E-state index in [9.17, 15) is 29.3 Å². The zero-order valence-corrected chi connectivity index (χ0v) is 22.1. The van der Waals surface area contributed by atoms with E-state index in [0.717, 1.165) is 6.42 Å². The number of hydrogen-bond acceptors (Lipinski definition) is 8. The van der Waals surface area contributed by atoms with Crippen LogP contribution in [0.1, 0.15) is 27.1 Å². The van der Waals surface area contributed by atoms with Gasteiger partial charge in [-0.2, -0.15) is 0 Å². The van der Waals surface area contributed by atoms with Gasteiger partial charge in [0.25, 0.3) is 5.69 Å². The Balaban J connectivity index is 0.978. The van der Waals surface area contributed by atoms with Crippen LogP contribution in [0.2, 0.25) is 0 Å². The number of ketones is 1. The fraction of sp³-hybridized carbons (Fsp3) is 0.250. The van der Waals surface area contributed by atoms with Crippen LogP contribution in [0.15, 0.2) is 84.9 Å². The molecule has 0 aromatic heterocycles. The summed E-state index contributed by atoms with van der Waals surface area (Å²) in [6.45, 7) is -0.505. The minimum Gasteiger partial charge on any atom is -0.457 e. The molecule has 210 valence electrons. The molecule has 6 atom stereocenters. The molecule has 8 rings (SSSR count). The van der Waals surface area contributed by atoms with Crippen molar-refractivity contribution in [2.24, 2.45) is 35.5 Å². The summed E-state index contributed by atoms with van der Waals surface area (Å²) in [5.74, 6) is -0.264. The Kier molecular flexibility index (Phi) is 6.00. The highest BCUT2D eigenvalue weighted by molar-refractivity contribution is 6.23. The van der Waals surface area contributed by atoms with Crippen LogP contribution in [-0.4, -0.2) is 35.1 Å². The van der Waals surface area contributed by atoms with Gasteiger partial charge in [-0.1, -0.05) is 18.2 Å². The van der Waals surface area contributed by atoms with E-state index < -0.39 is 23.3 Å². The second-order valence-electron chi connectivity index (χ2n) is 11.1. The van der Waals surface area contributed by atoms with Gasteiger partial charge < -0.3 is 9.47 Å². The van der Waals surface area contributed by atoms with E-state index in [-0.39, 0.29) is 46.7 Å². The molecular formula is C32H24N2O8. The van der Waals surface area contributed by atoms with Crippen LogP contribution in [0, 0.1) is 45.6 Å². The molecule has 10 nitrogen and oxygen atoms in total. The molecule has 2 amide bonds. The number of hydrogen-bond donors (Lipinski definition) is 0. The van der Waals surface area contributed by atoms with Crippen LogP contribution in [0.4, 0.5) is 11.4 Å². The van der Waals surface area contributed by atoms with Crippen molar-refractivity contribution in [2.45, 2.75) is 6.42 Å². The van der Waals surface area contributed by atoms with Gasteiger partial charge in [-0.25, -0.2) is 9.69 Å². The van der Waals surface area contributed by atoms with Crippen LogP contribution in [0.3, 0.4) is 0 Å². The summed E-state index contributed by atoms with van der Waals surface area (Å²) in [7, 11) is 0.